The van der Waals surface area contributed by atoms with Gasteiger partial charge in [-0.15, -0.1) is 0 Å². The van der Waals surface area contributed by atoms with Gasteiger partial charge in [-0.1, -0.05) is 18.2 Å². The van der Waals surface area contributed by atoms with Gasteiger partial charge in [0.15, 0.2) is 10.6 Å². The standard InChI is InChI=1S/C32H34N6O8S/c1-3-45-32(39)31-30-29(34-37(31)22-11-13-23(14-12-22)46-25-8-6-7-24(21-25)44-2)27(15-16-33-30)35-17-19-36(20-18-35)47(42,43)28-10-5-4-9-26(28)38(40)41/h4-14,21,27,33H,3,15-20H2,1-2H3/t27-/m0/s1. The molecule has 47 heavy (non-hydrogen) atoms. The number of carbonyl (C=O) groups excluding carboxylic acids is 1. The van der Waals surface area contributed by atoms with Crippen LogP contribution in [0, 0.1) is 10.1 Å². The smallest absolute Gasteiger partial charge is 0.359 e. The van der Waals surface area contributed by atoms with Crippen LogP contribution in [-0.4, -0.2) is 84.7 Å². The Morgan fingerprint density at radius 3 is 2.43 bits per heavy atom. The minimum Gasteiger partial charge on any atom is -0.497 e. The number of anilines is 1. The van der Waals surface area contributed by atoms with Gasteiger partial charge in [-0.25, -0.2) is 17.9 Å². The molecule has 15 heteroatoms. The third kappa shape index (κ3) is 6.37. The Labute approximate surface area is 271 Å². The molecular formula is C32H34N6O8S. The van der Waals surface area contributed by atoms with Crippen molar-refractivity contribution >= 4 is 27.4 Å². The summed E-state index contributed by atoms with van der Waals surface area (Å²) >= 11 is 0. The SMILES string of the molecule is CCOC(=O)c1c2c(nn1-c1ccc(Oc3cccc(OC)c3)cc1)[C@@H](N1CCN(S(=O)(=O)c3ccccc3[N+](=O)[O-])CC1)CCN2. The van der Waals surface area contributed by atoms with Gasteiger partial charge in [-0.3, -0.25) is 15.0 Å². The van der Waals surface area contributed by atoms with Crippen molar-refractivity contribution in [2.45, 2.75) is 24.3 Å². The number of nitrogens with one attached hydrogen (secondary N) is 1. The maximum absolute atomic E-state index is 13.4. The second-order valence-corrected chi connectivity index (χ2v) is 12.8. The van der Waals surface area contributed by atoms with Gasteiger partial charge >= 0.3 is 5.97 Å². The highest BCUT2D eigenvalue weighted by Gasteiger charge is 2.39. The monoisotopic (exact) mass is 662 g/mol. The molecule has 6 rings (SSSR count). The predicted octanol–water partition coefficient (Wildman–Crippen LogP) is 4.62. The molecule has 2 aliphatic heterocycles. The van der Waals surface area contributed by atoms with Gasteiger partial charge in [0.25, 0.3) is 5.69 Å². The number of sulfonamides is 1. The van der Waals surface area contributed by atoms with Crippen LogP contribution in [0.3, 0.4) is 0 Å². The number of methoxy groups -OCH3 is 1. The van der Waals surface area contributed by atoms with Crippen LogP contribution in [-0.2, 0) is 14.8 Å². The summed E-state index contributed by atoms with van der Waals surface area (Å²) in [6.07, 6.45) is 0.677. The van der Waals surface area contributed by atoms with Crippen LogP contribution in [0.4, 0.5) is 11.4 Å². The van der Waals surface area contributed by atoms with Gasteiger partial charge in [0.1, 0.15) is 22.9 Å². The predicted molar refractivity (Wildman–Crippen MR) is 172 cm³/mol. The Morgan fingerprint density at radius 2 is 1.72 bits per heavy atom. The van der Waals surface area contributed by atoms with Crippen LogP contribution in [0.5, 0.6) is 17.2 Å². The number of aromatic nitrogens is 2. The Bertz CT molecular complexity index is 1890. The van der Waals surface area contributed by atoms with E-state index in [1.54, 1.807) is 49.0 Å². The van der Waals surface area contributed by atoms with Gasteiger partial charge in [0, 0.05) is 44.9 Å². The van der Waals surface area contributed by atoms with E-state index in [-0.39, 0.29) is 36.3 Å². The van der Waals surface area contributed by atoms with E-state index in [2.05, 4.69) is 10.2 Å². The molecule has 1 N–H and O–H groups in total. The topological polar surface area (TPSA) is 158 Å². The summed E-state index contributed by atoms with van der Waals surface area (Å²) in [7, 11) is -2.49. The number of para-hydroxylation sites is 1. The van der Waals surface area contributed by atoms with E-state index >= 15 is 0 Å². The van der Waals surface area contributed by atoms with Gasteiger partial charge < -0.3 is 19.5 Å². The summed E-state index contributed by atoms with van der Waals surface area (Å²) in [6.45, 7) is 3.54. The quantitative estimate of drug-likeness (QED) is 0.143. The van der Waals surface area contributed by atoms with Crippen molar-refractivity contribution in [2.24, 2.45) is 0 Å². The molecule has 3 aromatic carbocycles. The molecule has 0 unspecified atom stereocenters. The molecule has 0 amide bonds. The lowest BCUT2D eigenvalue weighted by Crippen LogP contribution is -2.50. The third-order valence-corrected chi connectivity index (χ3v) is 10.1. The van der Waals surface area contributed by atoms with E-state index in [1.807, 2.05) is 18.2 Å². The molecule has 14 nitrogen and oxygen atoms in total. The molecular weight excluding hydrogens is 628 g/mol. The fraction of sp³-hybridized carbons (Fsp3) is 0.312. The first kappa shape index (κ1) is 32.0. The van der Waals surface area contributed by atoms with Crippen LogP contribution < -0.4 is 14.8 Å². The Kier molecular flexibility index (Phi) is 9.11. The number of nitrogens with zero attached hydrogens (tertiary/aromatic N) is 5. The van der Waals surface area contributed by atoms with Gasteiger partial charge in [0.2, 0.25) is 10.0 Å². The second kappa shape index (κ2) is 13.4. The molecule has 1 saturated heterocycles. The summed E-state index contributed by atoms with van der Waals surface area (Å²) in [6, 6.07) is 19.6. The normalized spacial score (nSPS) is 16.9. The highest BCUT2D eigenvalue weighted by Crippen LogP contribution is 2.39. The number of benzene rings is 3. The molecule has 0 radical (unpaired) electrons. The van der Waals surface area contributed by atoms with Gasteiger partial charge in [-0.05, 0) is 55.8 Å². The molecule has 0 saturated carbocycles. The Balaban J connectivity index is 1.25. The lowest BCUT2D eigenvalue weighted by molar-refractivity contribution is -0.387. The summed E-state index contributed by atoms with van der Waals surface area (Å²) in [5.74, 6) is 1.35. The van der Waals surface area contributed by atoms with Crippen molar-refractivity contribution in [3.63, 3.8) is 0 Å². The first-order valence-electron chi connectivity index (χ1n) is 15.1. The average Bonchev–Trinajstić information content (AvgIpc) is 3.49. The van der Waals surface area contributed by atoms with Crippen molar-refractivity contribution in [1.29, 1.82) is 0 Å². The second-order valence-electron chi connectivity index (χ2n) is 10.9. The highest BCUT2D eigenvalue weighted by atomic mass is 32.2. The van der Waals surface area contributed by atoms with Crippen molar-refractivity contribution in [2.75, 3.05) is 51.8 Å². The Morgan fingerprint density at radius 1 is 1.00 bits per heavy atom. The van der Waals surface area contributed by atoms with Crippen LogP contribution in [0.1, 0.15) is 35.6 Å². The largest absolute Gasteiger partial charge is 0.497 e. The van der Waals surface area contributed by atoms with Gasteiger partial charge in [-0.2, -0.15) is 9.40 Å². The van der Waals surface area contributed by atoms with E-state index in [9.17, 15) is 23.3 Å². The van der Waals surface area contributed by atoms with E-state index in [1.165, 1.54) is 28.6 Å². The lowest BCUT2D eigenvalue weighted by atomic mass is 10.0. The molecule has 4 aromatic rings. The number of hydrogen-bond acceptors (Lipinski definition) is 11. The van der Waals surface area contributed by atoms with Crippen LogP contribution >= 0.6 is 0 Å². The molecule has 2 aliphatic rings. The van der Waals surface area contributed by atoms with Crippen molar-refractivity contribution in [1.82, 2.24) is 19.0 Å². The summed E-state index contributed by atoms with van der Waals surface area (Å²) in [5.41, 5.74) is 1.68. The molecule has 246 valence electrons. The highest BCUT2D eigenvalue weighted by molar-refractivity contribution is 7.89. The number of fused-ring (bicyclic) bond motifs is 1. The van der Waals surface area contributed by atoms with Crippen LogP contribution in [0.25, 0.3) is 5.69 Å². The molecule has 1 fully saturated rings. The maximum atomic E-state index is 13.4. The molecule has 0 aliphatic carbocycles. The number of nitro groups is 1. The number of carbonyl (C=O) groups is 1. The summed E-state index contributed by atoms with van der Waals surface area (Å²) in [5, 5.41) is 19.8. The number of hydrogen-bond donors (Lipinski definition) is 1. The minimum absolute atomic E-state index is 0.147. The number of esters is 1. The number of ether oxygens (including phenoxy) is 3. The summed E-state index contributed by atoms with van der Waals surface area (Å²) < 4.78 is 46.3. The third-order valence-electron chi connectivity index (χ3n) is 8.17. The van der Waals surface area contributed by atoms with Crippen molar-refractivity contribution in [3.05, 3.63) is 94.3 Å². The number of piperazine rings is 1. The van der Waals surface area contributed by atoms with Crippen molar-refractivity contribution in [3.8, 4) is 22.9 Å². The minimum atomic E-state index is -4.08. The zero-order valence-electron chi connectivity index (χ0n) is 25.9. The first-order valence-corrected chi connectivity index (χ1v) is 16.6. The summed E-state index contributed by atoms with van der Waals surface area (Å²) in [4.78, 5) is 25.9. The first-order chi connectivity index (χ1) is 22.7. The molecule has 3 heterocycles. The van der Waals surface area contributed by atoms with E-state index in [0.717, 1.165) is 0 Å². The van der Waals surface area contributed by atoms with Crippen LogP contribution in [0.15, 0.2) is 77.7 Å². The van der Waals surface area contributed by atoms with E-state index in [4.69, 9.17) is 19.3 Å². The van der Waals surface area contributed by atoms with E-state index < -0.39 is 26.6 Å². The molecule has 1 atom stereocenters. The fourth-order valence-electron chi connectivity index (χ4n) is 5.92. The van der Waals surface area contributed by atoms with E-state index in [0.29, 0.717) is 60.4 Å². The zero-order chi connectivity index (χ0) is 33.1. The zero-order valence-corrected chi connectivity index (χ0v) is 26.7. The fourth-order valence-corrected chi connectivity index (χ4v) is 7.50. The molecule has 0 spiro atoms. The number of rotatable bonds is 10. The Hall–Kier alpha value is -4.99. The number of nitro benzene ring substituents is 1. The van der Waals surface area contributed by atoms with Gasteiger partial charge in [0.05, 0.1) is 36.1 Å². The maximum Gasteiger partial charge on any atom is 0.359 e. The van der Waals surface area contributed by atoms with Crippen molar-refractivity contribution < 1.29 is 32.3 Å². The van der Waals surface area contributed by atoms with Crippen LogP contribution in [0.2, 0.25) is 0 Å². The molecule has 0 bridgehead atoms. The average molecular weight is 663 g/mol. The lowest BCUT2D eigenvalue weighted by Gasteiger charge is -2.39. The molecule has 1 aromatic heterocycles.